The minimum Gasteiger partial charge on any atom is -0.420 e. The lowest BCUT2D eigenvalue weighted by Crippen LogP contribution is -1.93. The van der Waals surface area contributed by atoms with Gasteiger partial charge in [-0.2, -0.15) is 0 Å². The summed E-state index contributed by atoms with van der Waals surface area (Å²) in [5, 5.41) is 23.4. The Labute approximate surface area is 192 Å². The lowest BCUT2D eigenvalue weighted by Gasteiger charge is -2.06. The number of hydrogen-bond acceptors (Lipinski definition) is 8. The van der Waals surface area contributed by atoms with E-state index in [0.717, 1.165) is 21.9 Å². The molecule has 9 heteroatoms. The van der Waals surface area contributed by atoms with Gasteiger partial charge in [-0.15, -0.1) is 20.4 Å². The van der Waals surface area contributed by atoms with Crippen LogP contribution < -0.4 is 0 Å². The van der Waals surface area contributed by atoms with E-state index in [9.17, 15) is 0 Å². The number of benzene rings is 2. The highest BCUT2D eigenvalue weighted by atomic mass is 32.2. The van der Waals surface area contributed by atoms with Crippen LogP contribution in [0.2, 0.25) is 0 Å². The maximum absolute atomic E-state index is 5.99. The van der Waals surface area contributed by atoms with Crippen LogP contribution in [0.1, 0.15) is 17.2 Å². The van der Waals surface area contributed by atoms with E-state index in [-0.39, 0.29) is 0 Å². The zero-order chi connectivity index (χ0) is 22.4. The molecule has 0 aliphatic carbocycles. The van der Waals surface area contributed by atoms with Crippen LogP contribution in [0, 0.1) is 13.8 Å². The number of hydrogen-bond donors (Lipinski definition) is 0. The van der Waals surface area contributed by atoms with Crippen LogP contribution in [0.25, 0.3) is 39.3 Å². The molecule has 162 valence electrons. The standard InChI is InChI=1S/C24H18N6O2S/c1-14-12-19-25-28-24(30(19)18-11-7-6-10-17(14)18)33-13-20-26-27-23(31-20)21-15(2)32-29-22(21)16-8-4-3-5-9-16/h3-12H,13H2,1-2H3. The third-order valence-electron chi connectivity index (χ3n) is 5.49. The van der Waals surface area contributed by atoms with Gasteiger partial charge in [-0.1, -0.05) is 65.4 Å². The molecule has 0 aliphatic heterocycles. The molecule has 33 heavy (non-hydrogen) atoms. The van der Waals surface area contributed by atoms with E-state index in [1.54, 1.807) is 0 Å². The molecular weight excluding hydrogens is 436 g/mol. The Hall–Kier alpha value is -3.98. The molecular formula is C24H18N6O2S. The third-order valence-corrected chi connectivity index (χ3v) is 6.40. The topological polar surface area (TPSA) is 95.1 Å². The van der Waals surface area contributed by atoms with E-state index in [1.165, 1.54) is 22.7 Å². The van der Waals surface area contributed by atoms with E-state index in [0.29, 0.717) is 34.6 Å². The number of nitrogens with zero attached hydrogens (tertiary/aromatic N) is 6. The quantitative estimate of drug-likeness (QED) is 0.315. The second-order valence-corrected chi connectivity index (χ2v) is 8.58. The van der Waals surface area contributed by atoms with Crippen LogP contribution in [-0.2, 0) is 5.75 Å². The van der Waals surface area contributed by atoms with E-state index in [2.05, 4.69) is 49.0 Å². The van der Waals surface area contributed by atoms with Gasteiger partial charge < -0.3 is 8.94 Å². The van der Waals surface area contributed by atoms with Crippen molar-refractivity contribution in [3.63, 3.8) is 0 Å². The van der Waals surface area contributed by atoms with Crippen molar-refractivity contribution in [2.75, 3.05) is 0 Å². The fraction of sp³-hybridized carbons (Fsp3) is 0.125. The number of thioether (sulfide) groups is 1. The molecule has 0 spiro atoms. The zero-order valence-electron chi connectivity index (χ0n) is 17.9. The van der Waals surface area contributed by atoms with E-state index < -0.39 is 0 Å². The highest BCUT2D eigenvalue weighted by Crippen LogP contribution is 2.34. The summed E-state index contributed by atoms with van der Waals surface area (Å²) >= 11 is 1.50. The van der Waals surface area contributed by atoms with Crippen LogP contribution in [0.3, 0.4) is 0 Å². The molecule has 4 aromatic heterocycles. The summed E-state index contributed by atoms with van der Waals surface area (Å²) in [7, 11) is 0. The Morgan fingerprint density at radius 3 is 2.61 bits per heavy atom. The average molecular weight is 455 g/mol. The summed E-state index contributed by atoms with van der Waals surface area (Å²) in [5.74, 6) is 1.96. The van der Waals surface area contributed by atoms with Gasteiger partial charge in [0.1, 0.15) is 17.0 Å². The minimum atomic E-state index is 0.385. The fourth-order valence-electron chi connectivity index (χ4n) is 3.92. The number of rotatable bonds is 5. The van der Waals surface area contributed by atoms with Crippen molar-refractivity contribution in [3.8, 4) is 22.7 Å². The molecule has 6 rings (SSSR count). The number of aryl methyl sites for hydroxylation is 2. The molecule has 8 nitrogen and oxygen atoms in total. The molecule has 2 aromatic carbocycles. The first-order chi connectivity index (χ1) is 16.2. The van der Waals surface area contributed by atoms with Gasteiger partial charge in [0.05, 0.1) is 11.3 Å². The van der Waals surface area contributed by atoms with Crippen molar-refractivity contribution in [2.45, 2.75) is 24.8 Å². The molecule has 0 bridgehead atoms. The first kappa shape index (κ1) is 19.7. The lowest BCUT2D eigenvalue weighted by atomic mass is 10.1. The van der Waals surface area contributed by atoms with E-state index >= 15 is 0 Å². The summed E-state index contributed by atoms with van der Waals surface area (Å²) < 4.78 is 13.5. The summed E-state index contributed by atoms with van der Waals surface area (Å²) in [6.07, 6.45) is 0. The fourth-order valence-corrected chi connectivity index (χ4v) is 4.71. The van der Waals surface area contributed by atoms with Gasteiger partial charge in [0, 0.05) is 10.9 Å². The number of pyridine rings is 1. The molecule has 0 N–H and O–H groups in total. The van der Waals surface area contributed by atoms with Crippen LogP contribution >= 0.6 is 11.8 Å². The van der Waals surface area contributed by atoms with Gasteiger partial charge in [-0.25, -0.2) is 0 Å². The van der Waals surface area contributed by atoms with Crippen molar-refractivity contribution in [1.82, 2.24) is 30.0 Å². The summed E-state index contributed by atoms with van der Waals surface area (Å²) in [6, 6.07) is 20.1. The molecule has 0 atom stereocenters. The van der Waals surface area contributed by atoms with Crippen molar-refractivity contribution >= 4 is 28.3 Å². The smallest absolute Gasteiger partial charge is 0.253 e. The molecule has 0 radical (unpaired) electrons. The minimum absolute atomic E-state index is 0.385. The highest BCUT2D eigenvalue weighted by Gasteiger charge is 2.22. The molecule has 0 unspecified atom stereocenters. The highest BCUT2D eigenvalue weighted by molar-refractivity contribution is 7.98. The molecule has 6 aromatic rings. The van der Waals surface area contributed by atoms with Crippen LogP contribution in [0.15, 0.2) is 74.8 Å². The zero-order valence-corrected chi connectivity index (χ0v) is 18.7. The predicted octanol–water partition coefficient (Wildman–Crippen LogP) is 5.50. The number of aromatic nitrogens is 6. The SMILES string of the molecule is Cc1onc(-c2ccccc2)c1-c1nnc(CSc2nnc3cc(C)c4ccccc4n23)o1. The second kappa shape index (κ2) is 7.86. The summed E-state index contributed by atoms with van der Waals surface area (Å²) in [5.41, 5.74) is 5.37. The first-order valence-corrected chi connectivity index (χ1v) is 11.4. The Morgan fingerprint density at radius 2 is 1.73 bits per heavy atom. The molecule has 0 saturated heterocycles. The summed E-state index contributed by atoms with van der Waals surface area (Å²) in [6.45, 7) is 3.92. The third kappa shape index (κ3) is 3.37. The Balaban J connectivity index is 1.31. The van der Waals surface area contributed by atoms with E-state index in [4.69, 9.17) is 8.94 Å². The van der Waals surface area contributed by atoms with Crippen molar-refractivity contribution < 1.29 is 8.94 Å². The number of fused-ring (bicyclic) bond motifs is 3. The monoisotopic (exact) mass is 454 g/mol. The van der Waals surface area contributed by atoms with Crippen LogP contribution in [0.5, 0.6) is 0 Å². The van der Waals surface area contributed by atoms with Crippen molar-refractivity contribution in [3.05, 3.63) is 77.9 Å². The first-order valence-electron chi connectivity index (χ1n) is 10.4. The van der Waals surface area contributed by atoms with Crippen molar-refractivity contribution in [2.24, 2.45) is 0 Å². The normalized spacial score (nSPS) is 11.6. The molecule has 0 saturated carbocycles. The average Bonchev–Trinajstić information content (AvgIpc) is 3.57. The predicted molar refractivity (Wildman–Crippen MR) is 125 cm³/mol. The van der Waals surface area contributed by atoms with Crippen LogP contribution in [-0.4, -0.2) is 30.0 Å². The van der Waals surface area contributed by atoms with E-state index in [1.807, 2.05) is 55.5 Å². The maximum atomic E-state index is 5.99. The molecule has 0 amide bonds. The number of para-hydroxylation sites is 1. The van der Waals surface area contributed by atoms with Crippen molar-refractivity contribution in [1.29, 1.82) is 0 Å². The van der Waals surface area contributed by atoms with Gasteiger partial charge in [0.25, 0.3) is 5.89 Å². The Kier molecular flexibility index (Phi) is 4.69. The molecule has 0 fully saturated rings. The van der Waals surface area contributed by atoms with Gasteiger partial charge >= 0.3 is 0 Å². The largest absolute Gasteiger partial charge is 0.420 e. The van der Waals surface area contributed by atoms with Gasteiger partial charge in [-0.3, -0.25) is 4.40 Å². The van der Waals surface area contributed by atoms with Gasteiger partial charge in [0.2, 0.25) is 5.89 Å². The summed E-state index contributed by atoms with van der Waals surface area (Å²) in [4.78, 5) is 0. The second-order valence-electron chi connectivity index (χ2n) is 7.64. The van der Waals surface area contributed by atoms with Gasteiger partial charge in [-0.05, 0) is 31.5 Å². The Morgan fingerprint density at radius 1 is 0.909 bits per heavy atom. The van der Waals surface area contributed by atoms with Crippen LogP contribution in [0.4, 0.5) is 0 Å². The maximum Gasteiger partial charge on any atom is 0.253 e. The Bertz CT molecular complexity index is 1600. The van der Waals surface area contributed by atoms with Gasteiger partial charge in [0.15, 0.2) is 10.8 Å². The lowest BCUT2D eigenvalue weighted by molar-refractivity contribution is 0.399. The molecule has 4 heterocycles. The molecule has 0 aliphatic rings.